The topological polar surface area (TPSA) is 39.4 Å². The zero-order chi connectivity index (χ0) is 17.1. The van der Waals surface area contributed by atoms with Gasteiger partial charge in [-0.1, -0.05) is 41.4 Å². The number of hydrogen-bond donors (Lipinski definition) is 0. The van der Waals surface area contributed by atoms with Crippen molar-refractivity contribution in [3.63, 3.8) is 0 Å². The van der Waals surface area contributed by atoms with Crippen LogP contribution in [0.4, 0.5) is 4.39 Å². The summed E-state index contributed by atoms with van der Waals surface area (Å²) in [4.78, 5) is 11.9. The van der Waals surface area contributed by atoms with E-state index in [2.05, 4.69) is 0 Å². The summed E-state index contributed by atoms with van der Waals surface area (Å²) in [5.74, 6) is -0.481. The fourth-order valence-corrected chi connectivity index (χ4v) is 2.53. The molecule has 3 nitrogen and oxygen atoms in total. The Kier molecular flexibility index (Phi) is 4.88. The van der Waals surface area contributed by atoms with Crippen LogP contribution in [0.2, 0.25) is 10.0 Å². The van der Waals surface area contributed by atoms with Gasteiger partial charge in [0.2, 0.25) is 0 Å². The molecule has 3 aromatic rings. The molecule has 0 N–H and O–H groups in total. The van der Waals surface area contributed by atoms with E-state index in [1.165, 1.54) is 18.2 Å². The third kappa shape index (κ3) is 3.45. The molecule has 0 saturated carbocycles. The summed E-state index contributed by atoms with van der Waals surface area (Å²) in [5, 5.41) is 0.793. The highest BCUT2D eigenvalue weighted by Crippen LogP contribution is 2.34. The molecule has 0 unspecified atom stereocenters. The van der Waals surface area contributed by atoms with Crippen molar-refractivity contribution in [2.75, 3.05) is 0 Å². The van der Waals surface area contributed by atoms with Gasteiger partial charge in [0.25, 0.3) is 0 Å². The van der Waals surface area contributed by atoms with Crippen LogP contribution in [0.5, 0.6) is 0 Å². The van der Waals surface area contributed by atoms with Gasteiger partial charge in [-0.25, -0.2) is 9.18 Å². The third-order valence-corrected chi connectivity index (χ3v) is 4.14. The van der Waals surface area contributed by atoms with E-state index in [1.54, 1.807) is 36.4 Å². The first-order chi connectivity index (χ1) is 11.6. The molecule has 0 radical (unpaired) electrons. The zero-order valence-corrected chi connectivity index (χ0v) is 13.8. The zero-order valence-electron chi connectivity index (χ0n) is 12.3. The summed E-state index contributed by atoms with van der Waals surface area (Å²) in [6, 6.07) is 14.2. The van der Waals surface area contributed by atoms with E-state index in [0.717, 1.165) is 0 Å². The van der Waals surface area contributed by atoms with Gasteiger partial charge in [0, 0.05) is 5.56 Å². The number of ether oxygens (including phenoxy) is 1. The normalized spacial score (nSPS) is 10.6. The predicted molar refractivity (Wildman–Crippen MR) is 89.7 cm³/mol. The van der Waals surface area contributed by atoms with E-state index in [0.29, 0.717) is 27.1 Å². The molecule has 122 valence electrons. The first-order valence-corrected chi connectivity index (χ1v) is 7.76. The summed E-state index contributed by atoms with van der Waals surface area (Å²) in [7, 11) is 0. The predicted octanol–water partition coefficient (Wildman–Crippen LogP) is 5.75. The highest BCUT2D eigenvalue weighted by Gasteiger charge is 2.15. The summed E-state index contributed by atoms with van der Waals surface area (Å²) in [6.45, 7) is -0.120. The van der Waals surface area contributed by atoms with Crippen molar-refractivity contribution in [2.24, 2.45) is 0 Å². The molecular weight excluding hydrogens is 354 g/mol. The Labute approximate surface area is 147 Å². The number of esters is 1. The molecule has 0 atom stereocenters. The molecule has 2 aromatic carbocycles. The van der Waals surface area contributed by atoms with Crippen molar-refractivity contribution in [1.29, 1.82) is 0 Å². The molecule has 1 aromatic heterocycles. The summed E-state index contributed by atoms with van der Waals surface area (Å²) < 4.78 is 24.2. The van der Waals surface area contributed by atoms with Gasteiger partial charge in [0.1, 0.15) is 23.9 Å². The number of carbonyl (C=O) groups is 1. The Hall–Kier alpha value is -2.30. The Morgan fingerprint density at radius 2 is 1.83 bits per heavy atom. The first kappa shape index (κ1) is 16.6. The van der Waals surface area contributed by atoms with Crippen LogP contribution in [0.1, 0.15) is 16.1 Å². The Morgan fingerprint density at radius 1 is 1.04 bits per heavy atom. The lowest BCUT2D eigenvalue weighted by molar-refractivity contribution is 0.0441. The number of halogens is 3. The monoisotopic (exact) mass is 364 g/mol. The molecule has 0 fully saturated rings. The molecule has 24 heavy (non-hydrogen) atoms. The van der Waals surface area contributed by atoms with Gasteiger partial charge in [0.05, 0.1) is 15.6 Å². The second-order valence-electron chi connectivity index (χ2n) is 4.92. The van der Waals surface area contributed by atoms with Gasteiger partial charge >= 0.3 is 5.97 Å². The van der Waals surface area contributed by atoms with Crippen LogP contribution in [-0.4, -0.2) is 5.97 Å². The van der Waals surface area contributed by atoms with Crippen molar-refractivity contribution in [3.05, 3.63) is 81.8 Å². The van der Waals surface area contributed by atoms with Gasteiger partial charge in [0.15, 0.2) is 0 Å². The van der Waals surface area contributed by atoms with Crippen LogP contribution in [0.15, 0.2) is 59.0 Å². The van der Waals surface area contributed by atoms with Gasteiger partial charge in [-0.15, -0.1) is 0 Å². The average Bonchev–Trinajstić information content (AvgIpc) is 3.04. The maximum atomic E-state index is 13.5. The second kappa shape index (κ2) is 7.07. The number of carbonyl (C=O) groups excluding carboxylic acids is 1. The van der Waals surface area contributed by atoms with Crippen molar-refractivity contribution >= 4 is 29.2 Å². The fourth-order valence-electron chi connectivity index (χ4n) is 2.14. The van der Waals surface area contributed by atoms with Gasteiger partial charge in [-0.05, 0) is 36.4 Å². The SMILES string of the molecule is O=C(OCc1ccc(-c2cccc(Cl)c2Cl)o1)c1ccccc1F. The minimum absolute atomic E-state index is 0.120. The maximum absolute atomic E-state index is 13.5. The largest absolute Gasteiger partial charge is 0.457 e. The number of benzene rings is 2. The number of rotatable bonds is 4. The minimum atomic E-state index is -0.758. The standard InChI is InChI=1S/C18H11Cl2FO3/c19-14-6-3-5-13(17(14)20)16-9-8-11(24-16)10-23-18(22)12-4-1-2-7-15(12)21/h1-9H,10H2. The maximum Gasteiger partial charge on any atom is 0.341 e. The molecule has 1 heterocycles. The van der Waals surface area contributed by atoms with Crippen LogP contribution < -0.4 is 0 Å². The molecule has 0 bridgehead atoms. The summed E-state index contributed by atoms with van der Waals surface area (Å²) in [6.07, 6.45) is 0. The molecule has 6 heteroatoms. The molecule has 0 saturated heterocycles. The smallest absolute Gasteiger partial charge is 0.341 e. The molecule has 3 rings (SSSR count). The highest BCUT2D eigenvalue weighted by molar-refractivity contribution is 6.43. The lowest BCUT2D eigenvalue weighted by Gasteiger charge is -2.04. The van der Waals surface area contributed by atoms with Gasteiger partial charge in [-0.3, -0.25) is 0 Å². The van der Waals surface area contributed by atoms with Crippen LogP contribution in [0.3, 0.4) is 0 Å². The van der Waals surface area contributed by atoms with Crippen molar-refractivity contribution in [2.45, 2.75) is 6.61 Å². The van der Waals surface area contributed by atoms with Crippen molar-refractivity contribution in [3.8, 4) is 11.3 Å². The van der Waals surface area contributed by atoms with Crippen LogP contribution in [0.25, 0.3) is 11.3 Å². The molecule has 0 aliphatic rings. The lowest BCUT2D eigenvalue weighted by Crippen LogP contribution is -2.07. The first-order valence-electron chi connectivity index (χ1n) is 7.01. The molecule has 0 spiro atoms. The Morgan fingerprint density at radius 3 is 2.62 bits per heavy atom. The minimum Gasteiger partial charge on any atom is -0.457 e. The van der Waals surface area contributed by atoms with Gasteiger partial charge < -0.3 is 9.15 Å². The highest BCUT2D eigenvalue weighted by atomic mass is 35.5. The van der Waals surface area contributed by atoms with Crippen molar-refractivity contribution < 1.29 is 18.3 Å². The van der Waals surface area contributed by atoms with Crippen LogP contribution in [0, 0.1) is 5.82 Å². The Balaban J connectivity index is 1.72. The third-order valence-electron chi connectivity index (χ3n) is 3.32. The average molecular weight is 365 g/mol. The molecule has 0 aliphatic carbocycles. The van der Waals surface area contributed by atoms with Crippen LogP contribution >= 0.6 is 23.2 Å². The second-order valence-corrected chi connectivity index (χ2v) is 5.71. The van der Waals surface area contributed by atoms with E-state index < -0.39 is 11.8 Å². The fraction of sp³-hybridized carbons (Fsp3) is 0.0556. The molecular formula is C18H11Cl2FO3. The van der Waals surface area contributed by atoms with E-state index in [9.17, 15) is 9.18 Å². The quantitative estimate of drug-likeness (QED) is 0.553. The number of furan rings is 1. The number of hydrogen-bond acceptors (Lipinski definition) is 3. The van der Waals surface area contributed by atoms with E-state index >= 15 is 0 Å². The van der Waals surface area contributed by atoms with Gasteiger partial charge in [-0.2, -0.15) is 0 Å². The van der Waals surface area contributed by atoms with Crippen molar-refractivity contribution in [1.82, 2.24) is 0 Å². The van der Waals surface area contributed by atoms with E-state index in [1.807, 2.05) is 0 Å². The van der Waals surface area contributed by atoms with E-state index in [-0.39, 0.29) is 12.2 Å². The summed E-state index contributed by atoms with van der Waals surface area (Å²) >= 11 is 12.1. The van der Waals surface area contributed by atoms with E-state index in [4.69, 9.17) is 32.4 Å². The lowest BCUT2D eigenvalue weighted by atomic mass is 10.2. The Bertz CT molecular complexity index is 889. The molecule has 0 aliphatic heterocycles. The summed E-state index contributed by atoms with van der Waals surface area (Å²) in [5.41, 5.74) is 0.512. The molecule has 0 amide bonds. The van der Waals surface area contributed by atoms with Crippen LogP contribution in [-0.2, 0) is 11.3 Å².